The van der Waals surface area contributed by atoms with Crippen LogP contribution < -0.4 is 15.8 Å². The standard InChI is InChI=1S/C31H36ClFN6O2/c1-9-41-28-24(14-25(32)19(4)26(28)17(2)15-35-21(6)31(40)39(7)8)20(5)38-30-27(29(34)36-16-37-30)18(3)22-11-10-12-23(33)13-22/h10-16,20H,3,9H2,1-2,4-8H3,(H3,34,36,37,38)/b17-15+,35-21?. The summed E-state index contributed by atoms with van der Waals surface area (Å²) in [5.41, 5.74) is 11.3. The largest absolute Gasteiger partial charge is 0.493 e. The second-order valence-corrected chi connectivity index (χ2v) is 10.2. The van der Waals surface area contributed by atoms with Gasteiger partial charge >= 0.3 is 0 Å². The SMILES string of the molecule is C=C(c1cccc(F)c1)c1c(N)ncnc1NC(C)c1cc(Cl)c(C)c(/C(C)=C/N=C(C)C(=O)N(C)C)c1OCC. The molecule has 0 aliphatic rings. The van der Waals surface area contributed by atoms with Crippen molar-refractivity contribution in [3.05, 3.63) is 88.1 Å². The van der Waals surface area contributed by atoms with Gasteiger partial charge in [-0.1, -0.05) is 30.3 Å². The number of aliphatic imine (C=N–C) groups is 1. The molecule has 0 bridgehead atoms. The fourth-order valence-corrected chi connectivity index (χ4v) is 4.60. The van der Waals surface area contributed by atoms with E-state index in [0.29, 0.717) is 45.6 Å². The number of halogens is 2. The molecule has 1 unspecified atom stereocenters. The maximum atomic E-state index is 14.0. The van der Waals surface area contributed by atoms with Gasteiger partial charge in [0.05, 0.1) is 18.2 Å². The number of nitrogens with one attached hydrogen (secondary N) is 1. The Balaban J connectivity index is 2.10. The molecule has 8 nitrogen and oxygen atoms in total. The first-order chi connectivity index (χ1) is 19.4. The topological polar surface area (TPSA) is 106 Å². The van der Waals surface area contributed by atoms with Crippen LogP contribution in [0.1, 0.15) is 61.6 Å². The zero-order valence-electron chi connectivity index (χ0n) is 24.5. The van der Waals surface area contributed by atoms with Crippen molar-refractivity contribution in [1.29, 1.82) is 0 Å². The molecule has 1 aromatic heterocycles. The molecule has 0 radical (unpaired) electrons. The van der Waals surface area contributed by atoms with Gasteiger partial charge in [0.1, 0.15) is 35.2 Å². The van der Waals surface area contributed by atoms with E-state index in [1.165, 1.54) is 23.4 Å². The van der Waals surface area contributed by atoms with E-state index in [9.17, 15) is 9.18 Å². The minimum Gasteiger partial charge on any atom is -0.493 e. The van der Waals surface area contributed by atoms with Crippen molar-refractivity contribution in [2.45, 2.75) is 40.7 Å². The van der Waals surface area contributed by atoms with Crippen LogP contribution in [0.4, 0.5) is 16.0 Å². The van der Waals surface area contributed by atoms with Crippen LogP contribution in [0.5, 0.6) is 5.75 Å². The summed E-state index contributed by atoms with van der Waals surface area (Å²) >= 11 is 6.74. The number of nitrogens with two attached hydrogens (primary N) is 1. The lowest BCUT2D eigenvalue weighted by Crippen LogP contribution is -2.27. The summed E-state index contributed by atoms with van der Waals surface area (Å²) in [4.78, 5) is 26.7. The number of carbonyl (C=O) groups excluding carboxylic acids is 1. The van der Waals surface area contributed by atoms with Crippen LogP contribution in [0.2, 0.25) is 5.02 Å². The second kappa shape index (κ2) is 13.4. The quantitative estimate of drug-likeness (QED) is 0.259. The summed E-state index contributed by atoms with van der Waals surface area (Å²) in [7, 11) is 3.36. The Hall–Kier alpha value is -4.24. The molecular weight excluding hydrogens is 543 g/mol. The number of ether oxygens (including phenoxy) is 1. The fraction of sp³-hybridized carbons (Fsp3) is 0.290. The van der Waals surface area contributed by atoms with Crippen LogP contribution in [-0.4, -0.2) is 47.2 Å². The molecule has 10 heteroatoms. The number of hydrogen-bond acceptors (Lipinski definition) is 7. The van der Waals surface area contributed by atoms with Crippen molar-refractivity contribution < 1.29 is 13.9 Å². The number of nitrogens with zero attached hydrogens (tertiary/aromatic N) is 4. The van der Waals surface area contributed by atoms with E-state index in [-0.39, 0.29) is 23.6 Å². The van der Waals surface area contributed by atoms with Crippen LogP contribution in [0.25, 0.3) is 11.1 Å². The zero-order chi connectivity index (χ0) is 30.4. The molecule has 216 valence electrons. The van der Waals surface area contributed by atoms with Gasteiger partial charge in [0.2, 0.25) is 0 Å². The molecule has 0 fully saturated rings. The highest BCUT2D eigenvalue weighted by Crippen LogP contribution is 2.41. The van der Waals surface area contributed by atoms with Crippen molar-refractivity contribution >= 4 is 46.0 Å². The number of nitrogen functional groups attached to an aromatic ring is 1. The molecule has 41 heavy (non-hydrogen) atoms. The number of hydrogen-bond donors (Lipinski definition) is 2. The summed E-state index contributed by atoms with van der Waals surface area (Å²) in [6.07, 6.45) is 3.00. The van der Waals surface area contributed by atoms with E-state index in [0.717, 1.165) is 22.3 Å². The lowest BCUT2D eigenvalue weighted by Gasteiger charge is -2.24. The first-order valence-electron chi connectivity index (χ1n) is 13.1. The highest BCUT2D eigenvalue weighted by atomic mass is 35.5. The summed E-state index contributed by atoms with van der Waals surface area (Å²) in [6, 6.07) is 7.58. The van der Waals surface area contributed by atoms with Crippen molar-refractivity contribution in [3.8, 4) is 5.75 Å². The molecule has 3 aromatic rings. The van der Waals surface area contributed by atoms with Crippen molar-refractivity contribution in [2.75, 3.05) is 31.8 Å². The fourth-order valence-electron chi connectivity index (χ4n) is 4.39. The van der Waals surface area contributed by atoms with Gasteiger partial charge in [-0.15, -0.1) is 0 Å². The predicted octanol–water partition coefficient (Wildman–Crippen LogP) is 6.70. The Morgan fingerprint density at radius 1 is 1.27 bits per heavy atom. The molecule has 1 heterocycles. The molecule has 0 saturated carbocycles. The maximum absolute atomic E-state index is 14.0. The van der Waals surface area contributed by atoms with Gasteiger partial charge in [0, 0.05) is 36.4 Å². The number of benzene rings is 2. The number of rotatable bonds is 10. The van der Waals surface area contributed by atoms with Crippen LogP contribution >= 0.6 is 11.6 Å². The predicted molar refractivity (Wildman–Crippen MR) is 166 cm³/mol. The molecule has 0 spiro atoms. The Labute approximate surface area is 245 Å². The Kier molecular flexibility index (Phi) is 10.2. The Bertz CT molecular complexity index is 1530. The summed E-state index contributed by atoms with van der Waals surface area (Å²) in [5.74, 6) is 0.687. The first kappa shape index (κ1) is 31.3. The number of aromatic nitrogens is 2. The van der Waals surface area contributed by atoms with Crippen LogP contribution in [0, 0.1) is 12.7 Å². The van der Waals surface area contributed by atoms with Crippen molar-refractivity contribution in [1.82, 2.24) is 14.9 Å². The second-order valence-electron chi connectivity index (χ2n) is 9.77. The summed E-state index contributed by atoms with van der Waals surface area (Å²) < 4.78 is 20.1. The maximum Gasteiger partial charge on any atom is 0.267 e. The number of amides is 1. The van der Waals surface area contributed by atoms with Crippen LogP contribution in [0.15, 0.2) is 54.4 Å². The van der Waals surface area contributed by atoms with Gasteiger partial charge in [0.15, 0.2) is 0 Å². The lowest BCUT2D eigenvalue weighted by atomic mass is 9.94. The van der Waals surface area contributed by atoms with E-state index in [1.807, 2.05) is 33.8 Å². The molecule has 0 saturated heterocycles. The molecular formula is C31H36ClFN6O2. The summed E-state index contributed by atoms with van der Waals surface area (Å²) in [6.45, 7) is 13.9. The lowest BCUT2D eigenvalue weighted by molar-refractivity contribution is -0.121. The first-order valence-corrected chi connectivity index (χ1v) is 13.5. The van der Waals surface area contributed by atoms with Gasteiger partial charge in [-0.2, -0.15) is 0 Å². The highest BCUT2D eigenvalue weighted by Gasteiger charge is 2.23. The van der Waals surface area contributed by atoms with E-state index < -0.39 is 0 Å². The number of carbonyl (C=O) groups is 1. The molecule has 0 aliphatic heterocycles. The third-order valence-electron chi connectivity index (χ3n) is 6.53. The zero-order valence-corrected chi connectivity index (χ0v) is 25.2. The Morgan fingerprint density at radius 3 is 2.61 bits per heavy atom. The third-order valence-corrected chi connectivity index (χ3v) is 6.92. The van der Waals surface area contributed by atoms with Crippen molar-refractivity contribution in [2.24, 2.45) is 4.99 Å². The highest BCUT2D eigenvalue weighted by molar-refractivity contribution is 6.37. The minimum atomic E-state index is -0.390. The van der Waals surface area contributed by atoms with Crippen molar-refractivity contribution in [3.63, 3.8) is 0 Å². The molecule has 3 rings (SSSR count). The average molecular weight is 579 g/mol. The van der Waals surface area contributed by atoms with E-state index in [4.69, 9.17) is 22.1 Å². The summed E-state index contributed by atoms with van der Waals surface area (Å²) in [5, 5.41) is 3.94. The number of allylic oxidation sites excluding steroid dienone is 1. The van der Waals surface area contributed by atoms with E-state index in [1.54, 1.807) is 39.4 Å². The van der Waals surface area contributed by atoms with Gasteiger partial charge in [-0.3, -0.25) is 9.79 Å². The Morgan fingerprint density at radius 2 is 1.98 bits per heavy atom. The minimum absolute atomic E-state index is 0.180. The molecule has 2 aromatic carbocycles. The van der Waals surface area contributed by atoms with Gasteiger partial charge in [0.25, 0.3) is 5.91 Å². The third kappa shape index (κ3) is 7.10. The van der Waals surface area contributed by atoms with E-state index in [2.05, 4.69) is 26.9 Å². The molecule has 1 atom stereocenters. The van der Waals surface area contributed by atoms with E-state index >= 15 is 0 Å². The normalized spacial score (nSPS) is 12.6. The van der Waals surface area contributed by atoms with Gasteiger partial charge in [-0.05, 0) is 75.1 Å². The van der Waals surface area contributed by atoms with Gasteiger partial charge in [-0.25, -0.2) is 14.4 Å². The molecule has 1 amide bonds. The number of anilines is 2. The van der Waals surface area contributed by atoms with Gasteiger partial charge < -0.3 is 20.7 Å². The smallest absolute Gasteiger partial charge is 0.267 e. The average Bonchev–Trinajstić information content (AvgIpc) is 2.92. The molecule has 3 N–H and O–H groups in total. The monoisotopic (exact) mass is 578 g/mol. The van der Waals surface area contributed by atoms with Crippen LogP contribution in [0.3, 0.4) is 0 Å². The molecule has 0 aliphatic carbocycles. The van der Waals surface area contributed by atoms with Crippen LogP contribution in [-0.2, 0) is 4.79 Å².